The first-order chi connectivity index (χ1) is 13.1. The Morgan fingerprint density at radius 1 is 0.786 bits per heavy atom. The lowest BCUT2D eigenvalue weighted by molar-refractivity contribution is 0.356. The van der Waals surface area contributed by atoms with Crippen molar-refractivity contribution in [3.63, 3.8) is 0 Å². The molecule has 0 saturated heterocycles. The Labute approximate surface area is 172 Å². The number of hydrogen-bond acceptors (Lipinski definition) is 3. The van der Waals surface area contributed by atoms with E-state index in [1.165, 1.54) is 51.0 Å². The van der Waals surface area contributed by atoms with E-state index >= 15 is 0 Å². The fraction of sp³-hybridized carbons (Fsp3) is 0.760. The van der Waals surface area contributed by atoms with Crippen LogP contribution in [0.2, 0.25) is 0 Å². The summed E-state index contributed by atoms with van der Waals surface area (Å²) in [5.41, 5.74) is 2.58. The van der Waals surface area contributed by atoms with Gasteiger partial charge in [0.25, 0.3) is 0 Å². The van der Waals surface area contributed by atoms with Crippen molar-refractivity contribution in [3.05, 3.63) is 17.2 Å². The third kappa shape index (κ3) is 7.56. The van der Waals surface area contributed by atoms with Gasteiger partial charge >= 0.3 is 0 Å². The molecular formula is C25H42O3. The number of phenols is 3. The second-order valence-corrected chi connectivity index (χ2v) is 10.6. The Kier molecular flexibility index (Phi) is 8.09. The Morgan fingerprint density at radius 3 is 1.96 bits per heavy atom. The Balaban J connectivity index is 1.83. The summed E-state index contributed by atoms with van der Waals surface area (Å²) < 4.78 is 0. The molecule has 0 amide bonds. The summed E-state index contributed by atoms with van der Waals surface area (Å²) in [4.78, 5) is 0. The van der Waals surface area contributed by atoms with Crippen molar-refractivity contribution >= 4 is 0 Å². The van der Waals surface area contributed by atoms with Crippen LogP contribution in [0.1, 0.15) is 109 Å². The van der Waals surface area contributed by atoms with Gasteiger partial charge in [-0.15, -0.1) is 0 Å². The van der Waals surface area contributed by atoms with E-state index in [9.17, 15) is 15.3 Å². The summed E-state index contributed by atoms with van der Waals surface area (Å²) in [5, 5.41) is 30.7. The van der Waals surface area contributed by atoms with Gasteiger partial charge in [-0.05, 0) is 62.2 Å². The summed E-state index contributed by atoms with van der Waals surface area (Å²) in [5.74, 6) is -0.106. The molecule has 0 unspecified atom stereocenters. The Hall–Kier alpha value is -1.38. The molecule has 0 aliphatic heterocycles. The third-order valence-corrected chi connectivity index (χ3v) is 6.39. The molecule has 0 spiro atoms. The van der Waals surface area contributed by atoms with Crippen LogP contribution in [-0.2, 0) is 12.8 Å². The first-order valence-electron chi connectivity index (χ1n) is 11.4. The first-order valence-corrected chi connectivity index (χ1v) is 11.4. The maximum atomic E-state index is 10.4. The monoisotopic (exact) mass is 390 g/mol. The van der Waals surface area contributed by atoms with Gasteiger partial charge in [-0.25, -0.2) is 0 Å². The number of aromatic hydroxyl groups is 3. The van der Waals surface area contributed by atoms with Gasteiger partial charge in [-0.1, -0.05) is 59.8 Å². The van der Waals surface area contributed by atoms with Gasteiger partial charge < -0.3 is 15.3 Å². The molecule has 28 heavy (non-hydrogen) atoms. The highest BCUT2D eigenvalue weighted by Gasteiger charge is 2.35. The first kappa shape index (κ1) is 22.9. The number of benzene rings is 1. The minimum absolute atomic E-state index is 0.0343. The van der Waals surface area contributed by atoms with E-state index in [0.717, 1.165) is 49.7 Å². The smallest absolute Gasteiger partial charge is 0.161 e. The second kappa shape index (κ2) is 9.89. The Bertz CT molecular complexity index is 624. The molecule has 1 fully saturated rings. The fourth-order valence-electron chi connectivity index (χ4n) is 4.09. The minimum atomic E-state index is -0.203. The summed E-state index contributed by atoms with van der Waals surface area (Å²) in [6, 6.07) is 1.29. The number of phenolic OH excluding ortho intramolecular Hbond substituents is 3. The zero-order chi connectivity index (χ0) is 20.8. The number of hydrogen-bond donors (Lipinski definition) is 3. The standard InChI is InChI=1S/C25H42O3/c1-24(2,3)14-10-6-5-8-13-20-19(21(26)18-22(27)23(20)28)12-9-7-11-15-25(4)16-17-25/h18,26-28H,5-17H2,1-4H3. The minimum Gasteiger partial charge on any atom is -0.508 e. The molecule has 1 saturated carbocycles. The van der Waals surface area contributed by atoms with E-state index in [4.69, 9.17) is 0 Å². The van der Waals surface area contributed by atoms with Gasteiger partial charge in [0, 0.05) is 17.2 Å². The summed E-state index contributed by atoms with van der Waals surface area (Å²) >= 11 is 0. The average Bonchev–Trinajstić information content (AvgIpc) is 3.33. The lowest BCUT2D eigenvalue weighted by Crippen LogP contribution is -2.04. The molecule has 3 heteroatoms. The van der Waals surface area contributed by atoms with Crippen molar-refractivity contribution in [1.82, 2.24) is 0 Å². The summed E-state index contributed by atoms with van der Waals surface area (Å²) in [7, 11) is 0. The van der Waals surface area contributed by atoms with Crippen molar-refractivity contribution in [2.75, 3.05) is 0 Å². The molecule has 3 nitrogen and oxygen atoms in total. The molecule has 1 aromatic rings. The van der Waals surface area contributed by atoms with Crippen molar-refractivity contribution in [1.29, 1.82) is 0 Å². The predicted molar refractivity (Wildman–Crippen MR) is 117 cm³/mol. The largest absolute Gasteiger partial charge is 0.508 e. The fourth-order valence-corrected chi connectivity index (χ4v) is 4.09. The molecule has 1 aromatic carbocycles. The zero-order valence-electron chi connectivity index (χ0n) is 18.6. The van der Waals surface area contributed by atoms with Gasteiger partial charge in [0.1, 0.15) is 5.75 Å². The van der Waals surface area contributed by atoms with Gasteiger partial charge in [0.15, 0.2) is 11.5 Å². The molecule has 0 bridgehead atoms. The maximum absolute atomic E-state index is 10.4. The van der Waals surface area contributed by atoms with E-state index < -0.39 is 0 Å². The van der Waals surface area contributed by atoms with Crippen LogP contribution in [-0.4, -0.2) is 15.3 Å². The van der Waals surface area contributed by atoms with Crippen LogP contribution in [0.5, 0.6) is 17.2 Å². The second-order valence-electron chi connectivity index (χ2n) is 10.6. The van der Waals surface area contributed by atoms with E-state index in [-0.39, 0.29) is 17.2 Å². The quantitative estimate of drug-likeness (QED) is 0.200. The lowest BCUT2D eigenvalue weighted by Gasteiger charge is -2.18. The third-order valence-electron chi connectivity index (χ3n) is 6.39. The molecule has 0 atom stereocenters. The lowest BCUT2D eigenvalue weighted by atomic mass is 9.89. The van der Waals surface area contributed by atoms with E-state index in [0.29, 0.717) is 10.8 Å². The van der Waals surface area contributed by atoms with Gasteiger partial charge in [0.05, 0.1) is 0 Å². The van der Waals surface area contributed by atoms with E-state index in [1.807, 2.05) is 0 Å². The average molecular weight is 391 g/mol. The molecule has 0 aromatic heterocycles. The van der Waals surface area contributed by atoms with Crippen LogP contribution in [0.4, 0.5) is 0 Å². The molecule has 1 aliphatic carbocycles. The SMILES string of the molecule is CC(C)(C)CCCCCCc1c(O)c(O)cc(O)c1CCCCCC1(C)CC1. The maximum Gasteiger partial charge on any atom is 0.161 e. The zero-order valence-corrected chi connectivity index (χ0v) is 18.6. The predicted octanol–water partition coefficient (Wildman–Crippen LogP) is 7.25. The van der Waals surface area contributed by atoms with E-state index in [1.54, 1.807) is 0 Å². The number of unbranched alkanes of at least 4 members (excludes halogenated alkanes) is 5. The van der Waals surface area contributed by atoms with Crippen LogP contribution in [0.25, 0.3) is 0 Å². The molecule has 0 heterocycles. The molecule has 2 rings (SSSR count). The molecule has 1 aliphatic rings. The van der Waals surface area contributed by atoms with Crippen molar-refractivity contribution in [3.8, 4) is 17.2 Å². The topological polar surface area (TPSA) is 60.7 Å². The highest BCUT2D eigenvalue weighted by atomic mass is 16.3. The van der Waals surface area contributed by atoms with Crippen LogP contribution in [0.15, 0.2) is 6.07 Å². The van der Waals surface area contributed by atoms with E-state index in [2.05, 4.69) is 27.7 Å². The summed E-state index contributed by atoms with van der Waals surface area (Å²) in [6.07, 6.45) is 14.7. The van der Waals surface area contributed by atoms with Crippen LogP contribution in [0, 0.1) is 10.8 Å². The van der Waals surface area contributed by atoms with Crippen molar-refractivity contribution in [2.24, 2.45) is 10.8 Å². The molecule has 3 N–H and O–H groups in total. The Morgan fingerprint density at radius 2 is 1.36 bits per heavy atom. The van der Waals surface area contributed by atoms with Crippen LogP contribution < -0.4 is 0 Å². The normalized spacial score (nSPS) is 15.7. The van der Waals surface area contributed by atoms with Crippen molar-refractivity contribution < 1.29 is 15.3 Å². The molecular weight excluding hydrogens is 348 g/mol. The van der Waals surface area contributed by atoms with Crippen LogP contribution in [0.3, 0.4) is 0 Å². The molecule has 0 radical (unpaired) electrons. The highest BCUT2D eigenvalue weighted by molar-refractivity contribution is 5.55. The van der Waals surface area contributed by atoms with Gasteiger partial charge in [-0.3, -0.25) is 0 Å². The number of rotatable bonds is 12. The van der Waals surface area contributed by atoms with Gasteiger partial charge in [0.2, 0.25) is 0 Å². The summed E-state index contributed by atoms with van der Waals surface area (Å²) in [6.45, 7) is 9.20. The highest BCUT2D eigenvalue weighted by Crippen LogP contribution is 2.49. The molecule has 160 valence electrons. The van der Waals surface area contributed by atoms with Crippen molar-refractivity contribution in [2.45, 2.75) is 111 Å². The van der Waals surface area contributed by atoms with Gasteiger partial charge in [-0.2, -0.15) is 0 Å². The van der Waals surface area contributed by atoms with Crippen LogP contribution >= 0.6 is 0 Å².